The average molecular weight is 333 g/mol. The second-order valence-corrected chi connectivity index (χ2v) is 6.62. The second kappa shape index (κ2) is 8.10. The van der Waals surface area contributed by atoms with E-state index >= 15 is 0 Å². The third-order valence-corrected chi connectivity index (χ3v) is 4.66. The number of rotatable bonds is 7. The zero-order valence-electron chi connectivity index (χ0n) is 14.0. The number of thioether (sulfide) groups is 1. The Balaban J connectivity index is 2.04. The highest BCUT2D eigenvalue weighted by Gasteiger charge is 2.16. The summed E-state index contributed by atoms with van der Waals surface area (Å²) in [7, 11) is 0. The molecule has 0 aliphatic heterocycles. The highest BCUT2D eigenvalue weighted by Crippen LogP contribution is 2.23. The van der Waals surface area contributed by atoms with Crippen LogP contribution >= 0.6 is 11.8 Å². The van der Waals surface area contributed by atoms with Crippen LogP contribution in [0.25, 0.3) is 11.4 Å². The molecule has 2 aromatic rings. The lowest BCUT2D eigenvalue weighted by Gasteiger charge is -2.17. The van der Waals surface area contributed by atoms with Crippen molar-refractivity contribution in [1.82, 2.24) is 25.1 Å². The van der Waals surface area contributed by atoms with Gasteiger partial charge in [-0.05, 0) is 31.9 Å². The van der Waals surface area contributed by atoms with Gasteiger partial charge in [-0.1, -0.05) is 25.6 Å². The van der Waals surface area contributed by atoms with Gasteiger partial charge in [-0.15, -0.1) is 10.2 Å². The molecule has 7 heteroatoms. The molecule has 0 spiro atoms. The number of amides is 1. The van der Waals surface area contributed by atoms with Gasteiger partial charge in [-0.2, -0.15) is 0 Å². The van der Waals surface area contributed by atoms with Crippen LogP contribution < -0.4 is 5.32 Å². The molecule has 1 N–H and O–H groups in total. The van der Waals surface area contributed by atoms with Gasteiger partial charge >= 0.3 is 0 Å². The molecule has 2 aromatic heterocycles. The smallest absolute Gasteiger partial charge is 0.230 e. The molecule has 2 heterocycles. The van der Waals surface area contributed by atoms with E-state index in [0.717, 1.165) is 23.1 Å². The van der Waals surface area contributed by atoms with Crippen molar-refractivity contribution in [2.75, 3.05) is 5.75 Å². The van der Waals surface area contributed by atoms with E-state index in [-0.39, 0.29) is 11.9 Å². The van der Waals surface area contributed by atoms with Gasteiger partial charge in [0.15, 0.2) is 11.0 Å². The van der Waals surface area contributed by atoms with Crippen LogP contribution in [0.4, 0.5) is 0 Å². The molecule has 0 saturated heterocycles. The molecule has 6 nitrogen and oxygen atoms in total. The van der Waals surface area contributed by atoms with Gasteiger partial charge in [-0.3, -0.25) is 9.78 Å². The largest absolute Gasteiger partial charge is 0.353 e. The van der Waals surface area contributed by atoms with Crippen LogP contribution in [0.3, 0.4) is 0 Å². The van der Waals surface area contributed by atoms with Crippen molar-refractivity contribution in [1.29, 1.82) is 0 Å². The van der Waals surface area contributed by atoms with Crippen molar-refractivity contribution in [2.45, 2.75) is 45.4 Å². The van der Waals surface area contributed by atoms with Gasteiger partial charge in [0, 0.05) is 30.5 Å². The van der Waals surface area contributed by atoms with Crippen LogP contribution in [-0.2, 0) is 11.3 Å². The zero-order chi connectivity index (χ0) is 16.8. The van der Waals surface area contributed by atoms with Crippen molar-refractivity contribution in [3.63, 3.8) is 0 Å². The summed E-state index contributed by atoms with van der Waals surface area (Å²) in [5, 5.41) is 12.2. The summed E-state index contributed by atoms with van der Waals surface area (Å²) in [5.74, 6) is 1.58. The van der Waals surface area contributed by atoms with Gasteiger partial charge in [0.25, 0.3) is 0 Å². The van der Waals surface area contributed by atoms with Gasteiger partial charge in [-0.25, -0.2) is 0 Å². The Morgan fingerprint density at radius 2 is 1.96 bits per heavy atom. The first-order valence-corrected chi connectivity index (χ1v) is 8.77. The van der Waals surface area contributed by atoms with E-state index in [9.17, 15) is 4.79 Å². The van der Waals surface area contributed by atoms with Crippen molar-refractivity contribution >= 4 is 17.7 Å². The number of hydrogen-bond donors (Lipinski definition) is 1. The fourth-order valence-electron chi connectivity index (χ4n) is 1.99. The summed E-state index contributed by atoms with van der Waals surface area (Å²) < 4.78 is 2.01. The van der Waals surface area contributed by atoms with Crippen LogP contribution in [0, 0.1) is 5.92 Å². The second-order valence-electron chi connectivity index (χ2n) is 5.68. The molecule has 0 radical (unpaired) electrons. The van der Waals surface area contributed by atoms with Gasteiger partial charge in [0.05, 0.1) is 5.75 Å². The predicted molar refractivity (Wildman–Crippen MR) is 92.1 cm³/mol. The van der Waals surface area contributed by atoms with Crippen molar-refractivity contribution < 1.29 is 4.79 Å². The molecule has 2 rings (SSSR count). The predicted octanol–water partition coefficient (Wildman–Crippen LogP) is 2.61. The Hall–Kier alpha value is -1.89. The molecule has 1 unspecified atom stereocenters. The fourth-order valence-corrected chi connectivity index (χ4v) is 2.80. The Bertz CT molecular complexity index is 641. The van der Waals surface area contributed by atoms with E-state index in [1.165, 1.54) is 11.8 Å². The number of nitrogens with zero attached hydrogens (tertiary/aromatic N) is 4. The molecule has 124 valence electrons. The summed E-state index contributed by atoms with van der Waals surface area (Å²) in [6.07, 6.45) is 3.47. The van der Waals surface area contributed by atoms with E-state index in [2.05, 4.69) is 34.3 Å². The summed E-state index contributed by atoms with van der Waals surface area (Å²) in [5.41, 5.74) is 0.971. The van der Waals surface area contributed by atoms with Crippen LogP contribution in [0.1, 0.15) is 27.7 Å². The normalized spacial score (nSPS) is 12.4. The Kier molecular flexibility index (Phi) is 6.15. The van der Waals surface area contributed by atoms with Gasteiger partial charge in [0.2, 0.25) is 5.91 Å². The van der Waals surface area contributed by atoms with Crippen molar-refractivity contribution in [3.8, 4) is 11.4 Å². The molecule has 0 saturated carbocycles. The number of carbonyl (C=O) groups is 1. The Morgan fingerprint density at radius 3 is 2.57 bits per heavy atom. The number of carbonyl (C=O) groups excluding carboxylic acids is 1. The molecular weight excluding hydrogens is 310 g/mol. The van der Waals surface area contributed by atoms with E-state index in [0.29, 0.717) is 11.7 Å². The highest BCUT2D eigenvalue weighted by atomic mass is 32.2. The van der Waals surface area contributed by atoms with E-state index in [1.807, 2.05) is 30.5 Å². The molecule has 1 atom stereocenters. The molecule has 1 amide bonds. The zero-order valence-corrected chi connectivity index (χ0v) is 14.8. The van der Waals surface area contributed by atoms with Crippen LogP contribution in [0.2, 0.25) is 0 Å². The molecule has 0 aromatic carbocycles. The first kappa shape index (κ1) is 17.5. The minimum absolute atomic E-state index is 0.0207. The quantitative estimate of drug-likeness (QED) is 0.789. The monoisotopic (exact) mass is 333 g/mol. The number of nitrogens with one attached hydrogen (secondary N) is 1. The summed E-state index contributed by atoms with van der Waals surface area (Å²) in [4.78, 5) is 16.0. The van der Waals surface area contributed by atoms with Crippen molar-refractivity contribution in [2.24, 2.45) is 5.92 Å². The lowest BCUT2D eigenvalue weighted by molar-refractivity contribution is -0.119. The first-order chi connectivity index (χ1) is 11.0. The standard InChI is InChI=1S/C16H23N5OS/c1-5-21-15(13-6-8-17-9-7-13)19-20-16(21)23-10-14(22)18-12(4)11(2)3/h6-9,11-12H,5,10H2,1-4H3,(H,18,22). The number of aromatic nitrogens is 4. The van der Waals surface area contributed by atoms with Crippen LogP contribution in [0.15, 0.2) is 29.7 Å². The lowest BCUT2D eigenvalue weighted by Crippen LogP contribution is -2.37. The number of pyridine rings is 1. The maximum atomic E-state index is 12.0. The molecule has 0 aliphatic carbocycles. The minimum Gasteiger partial charge on any atom is -0.353 e. The van der Waals surface area contributed by atoms with E-state index in [4.69, 9.17) is 0 Å². The summed E-state index contributed by atoms with van der Waals surface area (Å²) in [6.45, 7) is 8.99. The summed E-state index contributed by atoms with van der Waals surface area (Å²) >= 11 is 1.41. The number of hydrogen-bond acceptors (Lipinski definition) is 5. The average Bonchev–Trinajstić information content (AvgIpc) is 2.96. The first-order valence-electron chi connectivity index (χ1n) is 7.78. The molecule has 0 aliphatic rings. The Labute approximate surface area is 141 Å². The van der Waals surface area contributed by atoms with Crippen molar-refractivity contribution in [3.05, 3.63) is 24.5 Å². The fraction of sp³-hybridized carbons (Fsp3) is 0.500. The van der Waals surface area contributed by atoms with Crippen LogP contribution in [0.5, 0.6) is 0 Å². The van der Waals surface area contributed by atoms with Gasteiger partial charge < -0.3 is 9.88 Å². The van der Waals surface area contributed by atoms with Gasteiger partial charge in [0.1, 0.15) is 0 Å². The minimum atomic E-state index is 0.0207. The summed E-state index contributed by atoms with van der Waals surface area (Å²) in [6, 6.07) is 3.98. The topological polar surface area (TPSA) is 72.7 Å². The lowest BCUT2D eigenvalue weighted by atomic mass is 10.1. The van der Waals surface area contributed by atoms with Crippen LogP contribution in [-0.4, -0.2) is 37.5 Å². The maximum absolute atomic E-state index is 12.0. The van der Waals surface area contributed by atoms with E-state index < -0.39 is 0 Å². The third kappa shape index (κ3) is 4.54. The molecular formula is C16H23N5OS. The molecule has 0 fully saturated rings. The maximum Gasteiger partial charge on any atom is 0.230 e. The highest BCUT2D eigenvalue weighted by molar-refractivity contribution is 7.99. The molecule has 23 heavy (non-hydrogen) atoms. The third-order valence-electron chi connectivity index (χ3n) is 3.69. The Morgan fingerprint density at radius 1 is 1.26 bits per heavy atom. The SMILES string of the molecule is CCn1c(SCC(=O)NC(C)C(C)C)nnc1-c1ccncc1. The van der Waals surface area contributed by atoms with E-state index in [1.54, 1.807) is 12.4 Å². The molecule has 0 bridgehead atoms.